The molecule has 3 heterocycles. The van der Waals surface area contributed by atoms with E-state index in [1.165, 1.54) is 5.56 Å². The minimum absolute atomic E-state index is 0.0686. The van der Waals surface area contributed by atoms with Gasteiger partial charge in [0, 0.05) is 23.9 Å². The molecule has 0 radical (unpaired) electrons. The Balaban J connectivity index is 1.42. The molecule has 188 valence electrons. The van der Waals surface area contributed by atoms with E-state index in [9.17, 15) is 4.79 Å². The molecular formula is C28H28ClN7O. The Bertz CT molecular complexity index is 1510. The summed E-state index contributed by atoms with van der Waals surface area (Å²) in [6.07, 6.45) is 5.26. The molecule has 5 aromatic rings. The Kier molecular flexibility index (Phi) is 7.56. The van der Waals surface area contributed by atoms with Crippen molar-refractivity contribution in [2.24, 2.45) is 0 Å². The predicted molar refractivity (Wildman–Crippen MR) is 144 cm³/mol. The first-order valence-electron chi connectivity index (χ1n) is 12.5. The van der Waals surface area contributed by atoms with Crippen LogP contribution in [0.25, 0.3) is 22.6 Å². The molecule has 2 aromatic carbocycles. The van der Waals surface area contributed by atoms with Crippen molar-refractivity contribution in [3.05, 3.63) is 105 Å². The van der Waals surface area contributed by atoms with Crippen LogP contribution in [0.1, 0.15) is 36.6 Å². The number of imidazole rings is 1. The second-order valence-electron chi connectivity index (χ2n) is 8.94. The van der Waals surface area contributed by atoms with Crippen LogP contribution in [0.2, 0.25) is 5.15 Å². The van der Waals surface area contributed by atoms with Crippen LogP contribution in [0.5, 0.6) is 0 Å². The molecule has 3 aromatic heterocycles. The first-order valence-corrected chi connectivity index (χ1v) is 12.8. The van der Waals surface area contributed by atoms with Crippen LogP contribution < -0.4 is 5.69 Å². The monoisotopic (exact) mass is 513 g/mol. The van der Waals surface area contributed by atoms with Crippen molar-refractivity contribution in [1.82, 2.24) is 34.7 Å². The highest BCUT2D eigenvalue weighted by molar-refractivity contribution is 6.30. The van der Waals surface area contributed by atoms with Gasteiger partial charge in [-0.2, -0.15) is 0 Å². The minimum Gasteiger partial charge on any atom is -0.290 e. The summed E-state index contributed by atoms with van der Waals surface area (Å²) in [6.45, 7) is 3.14. The lowest BCUT2D eigenvalue weighted by molar-refractivity contribution is 0.626. The van der Waals surface area contributed by atoms with E-state index in [2.05, 4.69) is 44.7 Å². The summed E-state index contributed by atoms with van der Waals surface area (Å²) >= 11 is 6.79. The third kappa shape index (κ3) is 5.39. The van der Waals surface area contributed by atoms with E-state index < -0.39 is 0 Å². The number of halogens is 1. The number of pyridine rings is 1. The molecular weight excluding hydrogens is 486 g/mol. The lowest BCUT2D eigenvalue weighted by Crippen LogP contribution is -2.26. The van der Waals surface area contributed by atoms with E-state index in [4.69, 9.17) is 11.6 Å². The molecule has 9 heteroatoms. The first kappa shape index (κ1) is 24.6. The fraction of sp³-hybridized carbons (Fsp3) is 0.250. The second-order valence-corrected chi connectivity index (χ2v) is 9.30. The van der Waals surface area contributed by atoms with Crippen LogP contribution >= 0.6 is 11.6 Å². The van der Waals surface area contributed by atoms with Gasteiger partial charge < -0.3 is 0 Å². The third-order valence-corrected chi connectivity index (χ3v) is 6.90. The molecule has 0 aliphatic heterocycles. The topological polar surface area (TPSA) is 94.3 Å². The first-order chi connectivity index (χ1) is 18.2. The summed E-state index contributed by atoms with van der Waals surface area (Å²) in [6, 6.07) is 22.0. The average molecular weight is 514 g/mol. The van der Waals surface area contributed by atoms with Crippen LogP contribution in [-0.4, -0.2) is 34.7 Å². The SMILES string of the molecule is CCCCc1c(Cl)n(CCc2ccccc2)c(=O)n1Cc1ccc(-c2ncccc2-c2nnn[nH]2)cc1. The summed E-state index contributed by atoms with van der Waals surface area (Å²) in [5, 5.41) is 14.7. The minimum atomic E-state index is -0.0686. The van der Waals surface area contributed by atoms with Gasteiger partial charge in [0.15, 0.2) is 5.82 Å². The van der Waals surface area contributed by atoms with Crippen LogP contribution in [0.15, 0.2) is 77.7 Å². The highest BCUT2D eigenvalue weighted by Gasteiger charge is 2.19. The van der Waals surface area contributed by atoms with Gasteiger partial charge in [0.1, 0.15) is 5.15 Å². The quantitative estimate of drug-likeness (QED) is 0.278. The van der Waals surface area contributed by atoms with Crippen molar-refractivity contribution in [2.45, 2.75) is 45.7 Å². The smallest absolute Gasteiger partial charge is 0.290 e. The van der Waals surface area contributed by atoms with Crippen molar-refractivity contribution in [3.8, 4) is 22.6 Å². The number of aromatic nitrogens is 7. The van der Waals surface area contributed by atoms with Gasteiger partial charge in [-0.15, -0.1) is 5.10 Å². The molecule has 0 unspecified atom stereocenters. The number of hydrogen-bond donors (Lipinski definition) is 1. The summed E-state index contributed by atoms with van der Waals surface area (Å²) in [5.41, 5.74) is 5.56. The van der Waals surface area contributed by atoms with Crippen molar-refractivity contribution in [1.29, 1.82) is 0 Å². The van der Waals surface area contributed by atoms with Crippen molar-refractivity contribution in [2.75, 3.05) is 0 Å². The number of rotatable bonds is 10. The van der Waals surface area contributed by atoms with E-state index in [-0.39, 0.29) is 5.69 Å². The maximum Gasteiger partial charge on any atom is 0.329 e. The Morgan fingerprint density at radius 2 is 1.73 bits per heavy atom. The molecule has 0 saturated heterocycles. The van der Waals surface area contributed by atoms with Crippen molar-refractivity contribution >= 4 is 11.6 Å². The van der Waals surface area contributed by atoms with Gasteiger partial charge in [0.2, 0.25) is 0 Å². The van der Waals surface area contributed by atoms with E-state index >= 15 is 0 Å². The maximum absolute atomic E-state index is 13.5. The number of nitrogens with one attached hydrogen (secondary N) is 1. The zero-order chi connectivity index (χ0) is 25.6. The molecule has 0 atom stereocenters. The zero-order valence-electron chi connectivity index (χ0n) is 20.6. The maximum atomic E-state index is 13.5. The molecule has 0 spiro atoms. The van der Waals surface area contributed by atoms with Gasteiger partial charge in [-0.05, 0) is 52.9 Å². The molecule has 0 fully saturated rings. The predicted octanol–water partition coefficient (Wildman–Crippen LogP) is 5.18. The van der Waals surface area contributed by atoms with Crippen LogP contribution in [-0.2, 0) is 25.9 Å². The van der Waals surface area contributed by atoms with E-state index in [1.54, 1.807) is 10.8 Å². The largest absolute Gasteiger partial charge is 0.329 e. The number of tetrazole rings is 1. The normalized spacial score (nSPS) is 11.2. The second kappa shape index (κ2) is 11.3. The molecule has 37 heavy (non-hydrogen) atoms. The number of nitrogens with zero attached hydrogens (tertiary/aromatic N) is 6. The van der Waals surface area contributed by atoms with Crippen LogP contribution in [0, 0.1) is 0 Å². The average Bonchev–Trinajstić information content (AvgIpc) is 3.55. The molecule has 0 aliphatic carbocycles. The van der Waals surface area contributed by atoms with Gasteiger partial charge in [0.25, 0.3) is 0 Å². The zero-order valence-corrected chi connectivity index (χ0v) is 21.4. The lowest BCUT2D eigenvalue weighted by Gasteiger charge is -2.10. The summed E-state index contributed by atoms with van der Waals surface area (Å²) in [7, 11) is 0. The molecule has 0 saturated carbocycles. The van der Waals surface area contributed by atoms with Gasteiger partial charge in [-0.3, -0.25) is 14.1 Å². The number of H-pyrrole nitrogens is 1. The molecule has 8 nitrogen and oxygen atoms in total. The molecule has 5 rings (SSSR count). The molecule has 0 amide bonds. The number of unbranched alkanes of at least 4 members (excludes halogenated alkanes) is 1. The fourth-order valence-electron chi connectivity index (χ4n) is 4.49. The number of aryl methyl sites for hydroxylation is 1. The molecule has 0 bridgehead atoms. The number of hydrogen-bond acceptors (Lipinski definition) is 5. The Labute approximate surface area is 220 Å². The van der Waals surface area contributed by atoms with E-state index in [0.717, 1.165) is 53.8 Å². The highest BCUT2D eigenvalue weighted by Crippen LogP contribution is 2.28. The molecule has 1 N–H and O–H groups in total. The Hall–Kier alpha value is -4.04. The standard InChI is InChI=1S/C28H28ClN7O/c1-2-3-11-24-26(29)35(18-16-20-8-5-4-6-9-20)28(37)36(24)19-21-12-14-22(15-13-21)25-23(10-7-17-30-25)27-31-33-34-32-27/h4-10,12-15,17H,2-3,11,16,18-19H2,1H3,(H,31,32,33,34). The van der Waals surface area contributed by atoms with Crippen LogP contribution in [0.3, 0.4) is 0 Å². The summed E-state index contributed by atoms with van der Waals surface area (Å²) < 4.78 is 3.53. The highest BCUT2D eigenvalue weighted by atomic mass is 35.5. The Morgan fingerprint density at radius 3 is 2.46 bits per heavy atom. The third-order valence-electron chi connectivity index (χ3n) is 6.47. The van der Waals surface area contributed by atoms with E-state index in [1.807, 2.05) is 59.2 Å². The van der Waals surface area contributed by atoms with E-state index in [0.29, 0.717) is 24.1 Å². The van der Waals surface area contributed by atoms with Crippen molar-refractivity contribution < 1.29 is 0 Å². The molecule has 0 aliphatic rings. The van der Waals surface area contributed by atoms with Crippen molar-refractivity contribution in [3.63, 3.8) is 0 Å². The van der Waals surface area contributed by atoms with Gasteiger partial charge in [-0.1, -0.05) is 79.5 Å². The lowest BCUT2D eigenvalue weighted by atomic mass is 10.0. The van der Waals surface area contributed by atoms with Gasteiger partial charge >= 0.3 is 5.69 Å². The number of benzene rings is 2. The van der Waals surface area contributed by atoms with Crippen LogP contribution in [0.4, 0.5) is 0 Å². The summed E-state index contributed by atoms with van der Waals surface area (Å²) in [5.74, 6) is 0.561. The number of aromatic amines is 1. The van der Waals surface area contributed by atoms with Gasteiger partial charge in [-0.25, -0.2) is 9.89 Å². The fourth-order valence-corrected chi connectivity index (χ4v) is 4.84. The van der Waals surface area contributed by atoms with Gasteiger partial charge in [0.05, 0.1) is 17.9 Å². The Morgan fingerprint density at radius 1 is 0.919 bits per heavy atom. The summed E-state index contributed by atoms with van der Waals surface area (Å²) in [4.78, 5) is 18.0.